The van der Waals surface area contributed by atoms with Gasteiger partial charge in [-0.25, -0.2) is 0 Å². The molecule has 0 atom stereocenters. The number of nitrogens with zero attached hydrogens (tertiary/aromatic N) is 2. The Morgan fingerprint density at radius 3 is 2.31 bits per heavy atom. The topological polar surface area (TPSA) is 52.7 Å². The quantitative estimate of drug-likeness (QED) is 0.690. The van der Waals surface area contributed by atoms with E-state index in [-0.39, 0.29) is 23.3 Å². The molecule has 0 saturated carbocycles. The molecular weight excluding hydrogens is 433 g/mol. The molecule has 29 heavy (non-hydrogen) atoms. The van der Waals surface area contributed by atoms with Gasteiger partial charge in [-0.3, -0.25) is 9.59 Å². The van der Waals surface area contributed by atoms with Gasteiger partial charge in [-0.05, 0) is 30.3 Å². The summed E-state index contributed by atoms with van der Waals surface area (Å²) in [6, 6.07) is 10.1. The first-order valence-electron chi connectivity index (χ1n) is 9.36. The van der Waals surface area contributed by atoms with Crippen LogP contribution < -0.4 is 10.2 Å². The summed E-state index contributed by atoms with van der Waals surface area (Å²) in [5.74, 6) is -0.248. The van der Waals surface area contributed by atoms with E-state index in [4.69, 9.17) is 34.8 Å². The Morgan fingerprint density at radius 2 is 1.66 bits per heavy atom. The van der Waals surface area contributed by atoms with Crippen molar-refractivity contribution in [3.63, 3.8) is 0 Å². The summed E-state index contributed by atoms with van der Waals surface area (Å²) in [6.07, 6.45) is 0. The van der Waals surface area contributed by atoms with Crippen LogP contribution in [0.1, 0.15) is 24.2 Å². The predicted octanol–water partition coefficient (Wildman–Crippen LogP) is 5.20. The summed E-state index contributed by atoms with van der Waals surface area (Å²) in [4.78, 5) is 29.0. The Kier molecular flexibility index (Phi) is 6.93. The fraction of sp³-hybridized carbons (Fsp3) is 0.333. The van der Waals surface area contributed by atoms with E-state index in [1.165, 1.54) is 6.07 Å². The summed E-state index contributed by atoms with van der Waals surface area (Å²) in [7, 11) is 0. The highest BCUT2D eigenvalue weighted by Crippen LogP contribution is 2.35. The first kappa shape index (κ1) is 21.8. The number of nitrogens with one attached hydrogen (secondary N) is 1. The molecule has 0 aromatic heterocycles. The molecule has 154 valence electrons. The first-order valence-corrected chi connectivity index (χ1v) is 10.5. The third kappa shape index (κ3) is 4.97. The molecule has 5 nitrogen and oxygen atoms in total. The molecule has 1 N–H and O–H groups in total. The minimum atomic E-state index is -0.366. The Morgan fingerprint density at radius 1 is 0.966 bits per heavy atom. The van der Waals surface area contributed by atoms with Crippen molar-refractivity contribution in [2.45, 2.75) is 13.8 Å². The number of benzene rings is 2. The second-order valence-corrected chi connectivity index (χ2v) is 8.43. The number of halogens is 3. The van der Waals surface area contributed by atoms with Crippen LogP contribution in [0.2, 0.25) is 15.1 Å². The number of para-hydroxylation sites is 1. The number of hydrogen-bond donors (Lipinski definition) is 1. The molecule has 0 radical (unpaired) electrons. The summed E-state index contributed by atoms with van der Waals surface area (Å²) in [5.41, 5.74) is 1.61. The highest BCUT2D eigenvalue weighted by molar-refractivity contribution is 6.37. The Bertz CT molecular complexity index is 925. The van der Waals surface area contributed by atoms with Crippen LogP contribution in [-0.2, 0) is 4.79 Å². The second kappa shape index (κ2) is 9.24. The van der Waals surface area contributed by atoms with Crippen molar-refractivity contribution in [3.8, 4) is 0 Å². The number of piperazine rings is 1. The van der Waals surface area contributed by atoms with Crippen LogP contribution in [0.3, 0.4) is 0 Å². The van der Waals surface area contributed by atoms with Gasteiger partial charge in [0.05, 0.1) is 27.0 Å². The van der Waals surface area contributed by atoms with Crippen molar-refractivity contribution >= 4 is 58.0 Å². The molecule has 8 heteroatoms. The third-order valence-corrected chi connectivity index (χ3v) is 5.68. The van der Waals surface area contributed by atoms with Crippen molar-refractivity contribution in [2.75, 3.05) is 36.4 Å². The fourth-order valence-corrected chi connectivity index (χ4v) is 3.98. The molecule has 3 rings (SSSR count). The van der Waals surface area contributed by atoms with E-state index in [0.717, 1.165) is 5.69 Å². The van der Waals surface area contributed by atoms with Gasteiger partial charge in [0.15, 0.2) is 0 Å². The molecule has 0 bridgehead atoms. The van der Waals surface area contributed by atoms with Gasteiger partial charge in [-0.1, -0.05) is 54.7 Å². The van der Waals surface area contributed by atoms with Crippen LogP contribution in [0.15, 0.2) is 36.4 Å². The van der Waals surface area contributed by atoms with Crippen LogP contribution in [0.4, 0.5) is 11.4 Å². The second-order valence-electron chi connectivity index (χ2n) is 7.18. The Labute approximate surface area is 185 Å². The Hall–Kier alpha value is -1.95. The maximum atomic E-state index is 12.8. The molecule has 1 saturated heterocycles. The lowest BCUT2D eigenvalue weighted by atomic mass is 10.1. The Balaban J connectivity index is 1.81. The third-order valence-electron chi connectivity index (χ3n) is 4.81. The molecule has 2 amide bonds. The van der Waals surface area contributed by atoms with Crippen LogP contribution >= 0.6 is 34.8 Å². The summed E-state index contributed by atoms with van der Waals surface area (Å²) >= 11 is 18.6. The SMILES string of the molecule is CC(C)C(=O)N1CCN(c2c(Cl)cccc2NC(=O)c2cc(Cl)ccc2Cl)CC1. The smallest absolute Gasteiger partial charge is 0.257 e. The zero-order chi connectivity index (χ0) is 21.1. The summed E-state index contributed by atoms with van der Waals surface area (Å²) in [6.45, 7) is 6.27. The lowest BCUT2D eigenvalue weighted by Crippen LogP contribution is -2.50. The van der Waals surface area contributed by atoms with Gasteiger partial charge in [-0.15, -0.1) is 0 Å². The van der Waals surface area contributed by atoms with Gasteiger partial charge in [0.1, 0.15) is 0 Å². The number of hydrogen-bond acceptors (Lipinski definition) is 3. The van der Waals surface area contributed by atoms with E-state index in [0.29, 0.717) is 46.9 Å². The monoisotopic (exact) mass is 453 g/mol. The predicted molar refractivity (Wildman–Crippen MR) is 119 cm³/mol. The van der Waals surface area contributed by atoms with Crippen molar-refractivity contribution in [2.24, 2.45) is 5.92 Å². The fourth-order valence-electron chi connectivity index (χ4n) is 3.31. The van der Waals surface area contributed by atoms with E-state index >= 15 is 0 Å². The van der Waals surface area contributed by atoms with Crippen molar-refractivity contribution in [3.05, 3.63) is 57.0 Å². The van der Waals surface area contributed by atoms with Crippen LogP contribution in [0.5, 0.6) is 0 Å². The van der Waals surface area contributed by atoms with Crippen LogP contribution in [-0.4, -0.2) is 42.9 Å². The molecule has 1 fully saturated rings. The van der Waals surface area contributed by atoms with Crippen LogP contribution in [0, 0.1) is 5.92 Å². The number of carbonyl (C=O) groups is 2. The van der Waals surface area contributed by atoms with Gasteiger partial charge >= 0.3 is 0 Å². The van der Waals surface area contributed by atoms with Gasteiger partial charge < -0.3 is 15.1 Å². The van der Waals surface area contributed by atoms with Crippen LogP contribution in [0.25, 0.3) is 0 Å². The van der Waals surface area contributed by atoms with E-state index in [1.54, 1.807) is 30.3 Å². The molecule has 1 aliphatic heterocycles. The number of anilines is 2. The standard InChI is InChI=1S/C21H22Cl3N3O2/c1-13(2)21(29)27-10-8-26(9-11-27)19-17(24)4-3-5-18(19)25-20(28)15-12-14(22)6-7-16(15)23/h3-7,12-13H,8-11H2,1-2H3,(H,25,28). The number of carbonyl (C=O) groups excluding carboxylic acids is 2. The van der Waals surface area contributed by atoms with Gasteiger partial charge in [0.25, 0.3) is 5.91 Å². The van der Waals surface area contributed by atoms with Gasteiger partial charge in [0.2, 0.25) is 5.91 Å². The number of rotatable bonds is 4. The van der Waals surface area contributed by atoms with E-state index in [1.807, 2.05) is 18.7 Å². The highest BCUT2D eigenvalue weighted by atomic mass is 35.5. The summed E-state index contributed by atoms with van der Waals surface area (Å²) < 4.78 is 0. The molecule has 0 aliphatic carbocycles. The molecule has 1 aliphatic rings. The minimum Gasteiger partial charge on any atom is -0.365 e. The van der Waals surface area contributed by atoms with E-state index in [9.17, 15) is 9.59 Å². The van der Waals surface area contributed by atoms with Crippen molar-refractivity contribution in [1.82, 2.24) is 4.90 Å². The molecule has 0 unspecified atom stereocenters. The molecule has 0 spiro atoms. The average Bonchev–Trinajstić information content (AvgIpc) is 2.69. The maximum Gasteiger partial charge on any atom is 0.257 e. The lowest BCUT2D eigenvalue weighted by Gasteiger charge is -2.38. The molecule has 2 aromatic rings. The minimum absolute atomic E-state index is 0.0286. The zero-order valence-electron chi connectivity index (χ0n) is 16.2. The maximum absolute atomic E-state index is 12.8. The first-order chi connectivity index (χ1) is 13.8. The molecular formula is C21H22Cl3N3O2. The summed E-state index contributed by atoms with van der Waals surface area (Å²) in [5, 5.41) is 4.17. The lowest BCUT2D eigenvalue weighted by molar-refractivity contribution is -0.134. The van der Waals surface area contributed by atoms with E-state index in [2.05, 4.69) is 10.2 Å². The molecule has 1 heterocycles. The zero-order valence-corrected chi connectivity index (χ0v) is 18.5. The van der Waals surface area contributed by atoms with E-state index < -0.39 is 0 Å². The van der Waals surface area contributed by atoms with Crippen molar-refractivity contribution < 1.29 is 9.59 Å². The van der Waals surface area contributed by atoms with Gasteiger partial charge in [0, 0.05) is 37.1 Å². The largest absolute Gasteiger partial charge is 0.365 e. The highest BCUT2D eigenvalue weighted by Gasteiger charge is 2.26. The number of amides is 2. The van der Waals surface area contributed by atoms with Gasteiger partial charge in [-0.2, -0.15) is 0 Å². The van der Waals surface area contributed by atoms with Crippen molar-refractivity contribution in [1.29, 1.82) is 0 Å². The molecule has 2 aromatic carbocycles. The average molecular weight is 455 g/mol. The normalized spacial score (nSPS) is 14.3.